The first-order valence-electron chi connectivity index (χ1n) is 9.28. The number of ether oxygens (including phenoxy) is 2. The fourth-order valence-electron chi connectivity index (χ4n) is 3.24. The summed E-state index contributed by atoms with van der Waals surface area (Å²) in [5.41, 5.74) is 2.97. The third kappa shape index (κ3) is 3.80. The number of halogens is 1. The number of carbonyl (C=O) groups is 1. The predicted octanol–water partition coefficient (Wildman–Crippen LogP) is 5.31. The number of fused-ring (bicyclic) bond motifs is 1. The van der Waals surface area contributed by atoms with Crippen LogP contribution in [-0.4, -0.2) is 25.1 Å². The molecular formula is C24H19FN2O3. The molecule has 0 fully saturated rings. The minimum atomic E-state index is -0.365. The third-order valence-electron chi connectivity index (χ3n) is 4.75. The smallest absolute Gasteiger partial charge is 0.256 e. The highest BCUT2D eigenvalue weighted by atomic mass is 19.1. The first kappa shape index (κ1) is 19.4. The minimum absolute atomic E-state index is 0.311. The summed E-state index contributed by atoms with van der Waals surface area (Å²) in [5, 5.41) is 3.53. The lowest BCUT2D eigenvalue weighted by molar-refractivity contribution is 0.102. The molecule has 6 heteroatoms. The third-order valence-corrected chi connectivity index (χ3v) is 4.75. The number of nitrogens with zero attached hydrogens (tertiary/aromatic N) is 1. The zero-order chi connectivity index (χ0) is 21.1. The largest absolute Gasteiger partial charge is 0.497 e. The van der Waals surface area contributed by atoms with Crippen molar-refractivity contribution in [2.24, 2.45) is 0 Å². The lowest BCUT2D eigenvalue weighted by Gasteiger charge is -2.13. The van der Waals surface area contributed by atoms with Gasteiger partial charge in [-0.3, -0.25) is 4.79 Å². The van der Waals surface area contributed by atoms with E-state index in [1.807, 2.05) is 36.4 Å². The Balaban J connectivity index is 1.82. The second-order valence-corrected chi connectivity index (χ2v) is 6.60. The van der Waals surface area contributed by atoms with Crippen LogP contribution in [0.25, 0.3) is 22.2 Å². The molecule has 0 unspecified atom stereocenters. The van der Waals surface area contributed by atoms with E-state index in [1.54, 1.807) is 26.4 Å². The number of anilines is 1. The van der Waals surface area contributed by atoms with Crippen molar-refractivity contribution in [1.82, 2.24) is 4.98 Å². The van der Waals surface area contributed by atoms with Crippen molar-refractivity contribution in [2.45, 2.75) is 0 Å². The molecule has 0 aliphatic heterocycles. The Labute approximate surface area is 173 Å². The zero-order valence-electron chi connectivity index (χ0n) is 16.5. The van der Waals surface area contributed by atoms with E-state index in [0.29, 0.717) is 39.3 Å². The Kier molecular flexibility index (Phi) is 5.30. The lowest BCUT2D eigenvalue weighted by atomic mass is 10.0. The molecule has 0 spiro atoms. The predicted molar refractivity (Wildman–Crippen MR) is 115 cm³/mol. The highest BCUT2D eigenvalue weighted by Crippen LogP contribution is 2.34. The summed E-state index contributed by atoms with van der Waals surface area (Å²) < 4.78 is 23.9. The Morgan fingerprint density at radius 2 is 1.70 bits per heavy atom. The van der Waals surface area contributed by atoms with Gasteiger partial charge in [0.25, 0.3) is 5.91 Å². The molecular weight excluding hydrogens is 383 g/mol. The van der Waals surface area contributed by atoms with Gasteiger partial charge in [-0.25, -0.2) is 9.37 Å². The van der Waals surface area contributed by atoms with Gasteiger partial charge in [0.2, 0.25) is 0 Å². The Morgan fingerprint density at radius 3 is 2.43 bits per heavy atom. The normalized spacial score (nSPS) is 10.6. The number of methoxy groups -OCH3 is 2. The molecule has 4 aromatic rings. The second kappa shape index (κ2) is 8.21. The van der Waals surface area contributed by atoms with Gasteiger partial charge < -0.3 is 14.8 Å². The number of rotatable bonds is 5. The topological polar surface area (TPSA) is 60.5 Å². The molecule has 1 amide bonds. The maximum Gasteiger partial charge on any atom is 0.256 e. The molecule has 0 saturated heterocycles. The van der Waals surface area contributed by atoms with Gasteiger partial charge in [0.1, 0.15) is 17.3 Å². The number of nitrogens with one attached hydrogen (secondary N) is 1. The van der Waals surface area contributed by atoms with Crippen molar-refractivity contribution in [3.8, 4) is 22.8 Å². The van der Waals surface area contributed by atoms with Crippen LogP contribution in [0.1, 0.15) is 10.4 Å². The summed E-state index contributed by atoms with van der Waals surface area (Å²) in [6, 6.07) is 20.2. The van der Waals surface area contributed by atoms with Gasteiger partial charge in [0.15, 0.2) is 0 Å². The van der Waals surface area contributed by atoms with Crippen LogP contribution < -0.4 is 14.8 Å². The number of pyridine rings is 1. The maximum atomic E-state index is 13.2. The molecule has 0 bridgehead atoms. The average Bonchev–Trinajstić information content (AvgIpc) is 2.79. The average molecular weight is 402 g/mol. The number of carbonyl (C=O) groups excluding carboxylic acids is 1. The molecule has 4 rings (SSSR count). The summed E-state index contributed by atoms with van der Waals surface area (Å²) in [5.74, 6) is 0.567. The van der Waals surface area contributed by atoms with Crippen LogP contribution in [0.5, 0.6) is 11.5 Å². The SMILES string of the molecule is COc1ccc(-c2cc(C(=O)Nc3ccc(F)cc3)c3ccccc3n2)c(OC)c1. The second-order valence-electron chi connectivity index (χ2n) is 6.60. The number of para-hydroxylation sites is 1. The van der Waals surface area contributed by atoms with Crippen LogP contribution in [0.2, 0.25) is 0 Å². The first-order valence-corrected chi connectivity index (χ1v) is 9.28. The Hall–Kier alpha value is -3.93. The summed E-state index contributed by atoms with van der Waals surface area (Å²) >= 11 is 0. The monoisotopic (exact) mass is 402 g/mol. The van der Waals surface area contributed by atoms with Crippen LogP contribution in [0.3, 0.4) is 0 Å². The maximum absolute atomic E-state index is 13.2. The molecule has 0 radical (unpaired) electrons. The molecule has 30 heavy (non-hydrogen) atoms. The first-order chi connectivity index (χ1) is 14.6. The van der Waals surface area contributed by atoms with Crippen molar-refractivity contribution in [1.29, 1.82) is 0 Å². The van der Waals surface area contributed by atoms with Crippen molar-refractivity contribution in [2.75, 3.05) is 19.5 Å². The van der Waals surface area contributed by atoms with Crippen LogP contribution in [0.4, 0.5) is 10.1 Å². The number of benzene rings is 3. The molecule has 0 saturated carbocycles. The van der Waals surface area contributed by atoms with Gasteiger partial charge in [0.05, 0.1) is 31.0 Å². The van der Waals surface area contributed by atoms with E-state index >= 15 is 0 Å². The number of hydrogen-bond donors (Lipinski definition) is 1. The van der Waals surface area contributed by atoms with Gasteiger partial charge in [-0.2, -0.15) is 0 Å². The van der Waals surface area contributed by atoms with Crippen molar-refractivity contribution < 1.29 is 18.7 Å². The number of aromatic nitrogens is 1. The van der Waals surface area contributed by atoms with Crippen LogP contribution in [0, 0.1) is 5.82 Å². The highest BCUT2D eigenvalue weighted by Gasteiger charge is 2.16. The van der Waals surface area contributed by atoms with E-state index in [4.69, 9.17) is 14.5 Å². The van der Waals surface area contributed by atoms with Gasteiger partial charge >= 0.3 is 0 Å². The molecule has 1 aromatic heterocycles. The number of amides is 1. The van der Waals surface area contributed by atoms with Crippen molar-refractivity contribution in [3.05, 3.63) is 84.2 Å². The Bertz CT molecular complexity index is 1220. The summed E-state index contributed by atoms with van der Waals surface area (Å²) in [6.45, 7) is 0. The van der Waals surface area contributed by atoms with Crippen LogP contribution in [0.15, 0.2) is 72.8 Å². The van der Waals surface area contributed by atoms with Crippen molar-refractivity contribution >= 4 is 22.5 Å². The van der Waals surface area contributed by atoms with Crippen LogP contribution in [-0.2, 0) is 0 Å². The van der Waals surface area contributed by atoms with Gasteiger partial charge in [-0.05, 0) is 48.5 Å². The zero-order valence-corrected chi connectivity index (χ0v) is 16.5. The van der Waals surface area contributed by atoms with E-state index in [9.17, 15) is 9.18 Å². The number of hydrogen-bond acceptors (Lipinski definition) is 4. The van der Waals surface area contributed by atoms with E-state index in [2.05, 4.69) is 5.32 Å². The molecule has 0 atom stereocenters. The molecule has 1 heterocycles. The molecule has 150 valence electrons. The van der Waals surface area contributed by atoms with E-state index in [0.717, 1.165) is 5.56 Å². The molecule has 0 aliphatic carbocycles. The summed E-state index contributed by atoms with van der Waals surface area (Å²) in [4.78, 5) is 17.8. The standard InChI is InChI=1S/C24H19FN2O3/c1-29-17-11-12-19(23(13-17)30-2)22-14-20(18-5-3-4-6-21(18)27-22)24(28)26-16-9-7-15(25)8-10-16/h3-14H,1-2H3,(H,26,28). The minimum Gasteiger partial charge on any atom is -0.497 e. The van der Waals surface area contributed by atoms with Gasteiger partial charge in [-0.1, -0.05) is 18.2 Å². The quantitative estimate of drug-likeness (QED) is 0.491. The Morgan fingerprint density at radius 1 is 0.933 bits per heavy atom. The van der Waals surface area contributed by atoms with E-state index in [-0.39, 0.29) is 11.7 Å². The lowest BCUT2D eigenvalue weighted by Crippen LogP contribution is -2.13. The highest BCUT2D eigenvalue weighted by molar-refractivity contribution is 6.13. The molecule has 0 aliphatic rings. The van der Waals surface area contributed by atoms with Crippen LogP contribution >= 0.6 is 0 Å². The van der Waals surface area contributed by atoms with E-state index < -0.39 is 0 Å². The van der Waals surface area contributed by atoms with Crippen molar-refractivity contribution in [3.63, 3.8) is 0 Å². The summed E-state index contributed by atoms with van der Waals surface area (Å²) in [6.07, 6.45) is 0. The van der Waals surface area contributed by atoms with E-state index in [1.165, 1.54) is 24.3 Å². The fourth-order valence-corrected chi connectivity index (χ4v) is 3.24. The molecule has 1 N–H and O–H groups in total. The van der Waals surface area contributed by atoms with Gasteiger partial charge in [-0.15, -0.1) is 0 Å². The summed E-state index contributed by atoms with van der Waals surface area (Å²) in [7, 11) is 3.15. The molecule has 3 aromatic carbocycles. The molecule has 5 nitrogen and oxygen atoms in total. The fraction of sp³-hybridized carbons (Fsp3) is 0.0833. The van der Waals surface area contributed by atoms with Gasteiger partial charge in [0, 0.05) is 22.7 Å².